The van der Waals surface area contributed by atoms with Gasteiger partial charge in [0, 0.05) is 17.4 Å². The van der Waals surface area contributed by atoms with Gasteiger partial charge in [-0.05, 0) is 18.2 Å². The van der Waals surface area contributed by atoms with E-state index in [0.717, 1.165) is 5.82 Å². The van der Waals surface area contributed by atoms with E-state index in [9.17, 15) is 5.11 Å². The smallest absolute Gasteiger partial charge is 0.165 e. The number of furan rings is 1. The summed E-state index contributed by atoms with van der Waals surface area (Å²) in [5.41, 5.74) is 0.619. The van der Waals surface area contributed by atoms with Crippen LogP contribution in [0.2, 0.25) is 5.02 Å². The molecule has 4 nitrogen and oxygen atoms in total. The van der Waals surface area contributed by atoms with Crippen molar-refractivity contribution in [2.45, 2.75) is 6.42 Å². The molecule has 0 fully saturated rings. The van der Waals surface area contributed by atoms with E-state index in [2.05, 4.69) is 9.97 Å². The van der Waals surface area contributed by atoms with Crippen LogP contribution < -0.4 is 0 Å². The largest absolute Gasteiger partial charge is 0.504 e. The van der Waals surface area contributed by atoms with E-state index in [4.69, 9.17) is 16.0 Å². The fourth-order valence-electron chi connectivity index (χ4n) is 1.77. The first kappa shape index (κ1) is 10.2. The number of aromatic hydroxyl groups is 1. The minimum atomic E-state index is 0.124. The number of H-pyrrole nitrogens is 1. The summed E-state index contributed by atoms with van der Waals surface area (Å²) in [6, 6.07) is 5.15. The van der Waals surface area contributed by atoms with Crippen LogP contribution in [-0.2, 0) is 6.42 Å². The van der Waals surface area contributed by atoms with E-state index in [1.807, 2.05) is 0 Å². The molecule has 0 amide bonds. The standard InChI is InChI=1S/C12H9ClN2O2/c13-7-1-2-9-8(5-7)12(16)10(17-9)6-11-14-3-4-15-11/h1-5,16H,6H2,(H,14,15). The first-order valence-electron chi connectivity index (χ1n) is 5.12. The minimum absolute atomic E-state index is 0.124. The average molecular weight is 249 g/mol. The van der Waals surface area contributed by atoms with Gasteiger partial charge >= 0.3 is 0 Å². The lowest BCUT2D eigenvalue weighted by Gasteiger charge is -1.93. The van der Waals surface area contributed by atoms with Crippen LogP contribution in [0.4, 0.5) is 0 Å². The van der Waals surface area contributed by atoms with E-state index in [1.54, 1.807) is 30.6 Å². The van der Waals surface area contributed by atoms with Crippen LogP contribution in [0.5, 0.6) is 5.75 Å². The van der Waals surface area contributed by atoms with Crippen molar-refractivity contribution >= 4 is 22.6 Å². The summed E-state index contributed by atoms with van der Waals surface area (Å²) >= 11 is 5.87. The Kier molecular flexibility index (Phi) is 2.30. The van der Waals surface area contributed by atoms with Gasteiger partial charge in [-0.15, -0.1) is 0 Å². The number of nitrogens with one attached hydrogen (secondary N) is 1. The summed E-state index contributed by atoms with van der Waals surface area (Å²) in [6.07, 6.45) is 3.81. The molecule has 0 spiro atoms. The van der Waals surface area contributed by atoms with E-state index in [0.29, 0.717) is 28.2 Å². The monoisotopic (exact) mass is 248 g/mol. The lowest BCUT2D eigenvalue weighted by atomic mass is 10.2. The summed E-state index contributed by atoms with van der Waals surface area (Å²) in [6.45, 7) is 0. The summed E-state index contributed by atoms with van der Waals surface area (Å²) in [7, 11) is 0. The van der Waals surface area contributed by atoms with Gasteiger partial charge in [0.2, 0.25) is 0 Å². The molecule has 0 saturated carbocycles. The van der Waals surface area contributed by atoms with Crippen molar-refractivity contribution in [2.24, 2.45) is 0 Å². The van der Waals surface area contributed by atoms with E-state index in [1.165, 1.54) is 0 Å². The molecule has 0 aliphatic carbocycles. The maximum atomic E-state index is 10.0. The predicted molar refractivity (Wildman–Crippen MR) is 64.3 cm³/mol. The Hall–Kier alpha value is -1.94. The highest BCUT2D eigenvalue weighted by Gasteiger charge is 2.14. The summed E-state index contributed by atoms with van der Waals surface area (Å²) in [4.78, 5) is 7.05. The maximum Gasteiger partial charge on any atom is 0.165 e. The Bertz CT molecular complexity index is 659. The Labute approximate surface area is 102 Å². The zero-order chi connectivity index (χ0) is 11.8. The number of fused-ring (bicyclic) bond motifs is 1. The van der Waals surface area contributed by atoms with E-state index >= 15 is 0 Å². The van der Waals surface area contributed by atoms with Crippen LogP contribution in [0.25, 0.3) is 11.0 Å². The first-order valence-corrected chi connectivity index (χ1v) is 5.50. The molecule has 86 valence electrons. The molecule has 2 heterocycles. The predicted octanol–water partition coefficient (Wildman–Crippen LogP) is 3.11. The Morgan fingerprint density at radius 3 is 3.06 bits per heavy atom. The summed E-state index contributed by atoms with van der Waals surface area (Å²) < 4.78 is 5.56. The molecule has 3 aromatic rings. The van der Waals surface area contributed by atoms with Gasteiger partial charge in [0.25, 0.3) is 0 Å². The molecule has 0 unspecified atom stereocenters. The van der Waals surface area contributed by atoms with Gasteiger partial charge in [0.05, 0.1) is 11.8 Å². The van der Waals surface area contributed by atoms with Gasteiger partial charge in [0.1, 0.15) is 11.4 Å². The van der Waals surface area contributed by atoms with Crippen molar-refractivity contribution < 1.29 is 9.52 Å². The number of aromatic amines is 1. The van der Waals surface area contributed by atoms with Crippen LogP contribution in [-0.4, -0.2) is 15.1 Å². The zero-order valence-electron chi connectivity index (χ0n) is 8.77. The summed E-state index contributed by atoms with van der Waals surface area (Å²) in [5.74, 6) is 1.35. The molecule has 2 N–H and O–H groups in total. The third kappa shape index (κ3) is 1.76. The highest BCUT2D eigenvalue weighted by molar-refractivity contribution is 6.31. The van der Waals surface area contributed by atoms with Crippen molar-refractivity contribution in [1.29, 1.82) is 0 Å². The van der Waals surface area contributed by atoms with Crippen molar-refractivity contribution in [3.63, 3.8) is 0 Å². The number of halogens is 1. The lowest BCUT2D eigenvalue weighted by Crippen LogP contribution is -1.88. The molecule has 0 bridgehead atoms. The number of rotatable bonds is 2. The van der Waals surface area contributed by atoms with Crippen LogP contribution in [0, 0.1) is 0 Å². The number of hydrogen-bond donors (Lipinski definition) is 2. The topological polar surface area (TPSA) is 62.1 Å². The average Bonchev–Trinajstić information content (AvgIpc) is 2.91. The van der Waals surface area contributed by atoms with Crippen LogP contribution in [0.15, 0.2) is 35.0 Å². The number of imidazole rings is 1. The highest BCUT2D eigenvalue weighted by Crippen LogP contribution is 2.34. The second-order valence-corrected chi connectivity index (χ2v) is 4.16. The minimum Gasteiger partial charge on any atom is -0.504 e. The molecule has 0 aliphatic rings. The molecule has 0 saturated heterocycles. The first-order chi connectivity index (χ1) is 8.24. The van der Waals surface area contributed by atoms with Gasteiger partial charge in [-0.2, -0.15) is 0 Å². The lowest BCUT2D eigenvalue weighted by molar-refractivity contribution is 0.444. The second-order valence-electron chi connectivity index (χ2n) is 3.73. The van der Waals surface area contributed by atoms with E-state index < -0.39 is 0 Å². The quantitative estimate of drug-likeness (QED) is 0.733. The fourth-order valence-corrected chi connectivity index (χ4v) is 1.95. The van der Waals surface area contributed by atoms with Gasteiger partial charge in [0.15, 0.2) is 11.5 Å². The van der Waals surface area contributed by atoms with Crippen molar-refractivity contribution in [3.05, 3.63) is 47.2 Å². The Balaban J connectivity index is 2.08. The third-order valence-electron chi connectivity index (χ3n) is 2.58. The molecule has 0 atom stereocenters. The van der Waals surface area contributed by atoms with Crippen LogP contribution in [0.1, 0.15) is 11.6 Å². The molecule has 0 aliphatic heterocycles. The van der Waals surface area contributed by atoms with Crippen molar-refractivity contribution in [3.8, 4) is 5.75 Å². The molecular weight excluding hydrogens is 240 g/mol. The molecule has 3 rings (SSSR count). The van der Waals surface area contributed by atoms with Gasteiger partial charge in [-0.1, -0.05) is 11.6 Å². The van der Waals surface area contributed by atoms with Crippen molar-refractivity contribution in [1.82, 2.24) is 9.97 Å². The number of hydrogen-bond acceptors (Lipinski definition) is 3. The highest BCUT2D eigenvalue weighted by atomic mass is 35.5. The van der Waals surface area contributed by atoms with E-state index in [-0.39, 0.29) is 5.75 Å². The normalized spacial score (nSPS) is 11.1. The number of nitrogens with zero attached hydrogens (tertiary/aromatic N) is 1. The van der Waals surface area contributed by atoms with Crippen molar-refractivity contribution in [2.75, 3.05) is 0 Å². The number of aromatic nitrogens is 2. The second kappa shape index (κ2) is 3.82. The Morgan fingerprint density at radius 1 is 1.41 bits per heavy atom. The number of benzene rings is 1. The zero-order valence-corrected chi connectivity index (χ0v) is 9.53. The molecular formula is C12H9ClN2O2. The molecule has 1 aromatic carbocycles. The van der Waals surface area contributed by atoms with Gasteiger partial charge in [-0.3, -0.25) is 0 Å². The van der Waals surface area contributed by atoms with Crippen LogP contribution in [0.3, 0.4) is 0 Å². The molecule has 17 heavy (non-hydrogen) atoms. The molecule has 5 heteroatoms. The molecule has 2 aromatic heterocycles. The SMILES string of the molecule is Oc1c(Cc2ncc[nH]2)oc2ccc(Cl)cc12. The third-order valence-corrected chi connectivity index (χ3v) is 2.81. The summed E-state index contributed by atoms with van der Waals surface area (Å²) in [5, 5.41) is 11.2. The maximum absolute atomic E-state index is 10.0. The van der Waals surface area contributed by atoms with Gasteiger partial charge < -0.3 is 14.5 Å². The Morgan fingerprint density at radius 2 is 2.29 bits per heavy atom. The van der Waals surface area contributed by atoms with Crippen LogP contribution >= 0.6 is 11.6 Å². The fraction of sp³-hybridized carbons (Fsp3) is 0.0833. The van der Waals surface area contributed by atoms with Gasteiger partial charge in [-0.25, -0.2) is 4.98 Å². The molecule has 0 radical (unpaired) electrons.